The third-order valence-corrected chi connectivity index (χ3v) is 5.99. The zero-order chi connectivity index (χ0) is 16.5. The molecule has 2 aliphatic rings. The monoisotopic (exact) mass is 321 g/mol. The fraction of sp³-hybridized carbons (Fsp3) is 0.455. The van der Waals surface area contributed by atoms with Crippen LogP contribution >= 0.6 is 0 Å². The van der Waals surface area contributed by atoms with Crippen LogP contribution in [-0.4, -0.2) is 31.1 Å². The molecule has 0 radical (unpaired) electrons. The average Bonchev–Trinajstić information content (AvgIpc) is 2.63. The summed E-state index contributed by atoms with van der Waals surface area (Å²) in [6.07, 6.45) is 3.65. The number of hydrogen-bond acceptors (Lipinski definition) is 2. The minimum absolute atomic E-state index is 0.696. The molecule has 1 fully saturated rings. The van der Waals surface area contributed by atoms with Gasteiger partial charge in [-0.2, -0.15) is 0 Å². The number of rotatable bonds is 4. The summed E-state index contributed by atoms with van der Waals surface area (Å²) in [6, 6.07) is 18.3. The highest BCUT2D eigenvalue weighted by Crippen LogP contribution is 2.43. The van der Waals surface area contributed by atoms with Crippen molar-refractivity contribution in [1.29, 1.82) is 0 Å². The first-order valence-corrected chi connectivity index (χ1v) is 9.19. The molecule has 2 aromatic carbocycles. The van der Waals surface area contributed by atoms with E-state index in [-0.39, 0.29) is 0 Å². The molecule has 4 rings (SSSR count). The lowest BCUT2D eigenvalue weighted by Gasteiger charge is -2.47. The summed E-state index contributed by atoms with van der Waals surface area (Å²) in [5.41, 5.74) is 4.53. The van der Waals surface area contributed by atoms with Crippen LogP contribution in [0, 0.1) is 5.92 Å². The molecule has 1 aliphatic heterocycles. The van der Waals surface area contributed by atoms with E-state index in [2.05, 4.69) is 60.4 Å². The summed E-state index contributed by atoms with van der Waals surface area (Å²) in [4.78, 5) is 2.74. The molecular formula is C22H27NO. The lowest BCUT2D eigenvalue weighted by atomic mass is 9.70. The molecule has 2 aromatic rings. The quantitative estimate of drug-likeness (QED) is 0.833. The molecule has 126 valence electrons. The molecule has 0 saturated carbocycles. The van der Waals surface area contributed by atoms with E-state index in [4.69, 9.17) is 4.74 Å². The van der Waals surface area contributed by atoms with Crippen molar-refractivity contribution in [3.63, 3.8) is 0 Å². The topological polar surface area (TPSA) is 12.5 Å². The van der Waals surface area contributed by atoms with Gasteiger partial charge in [0.25, 0.3) is 0 Å². The number of fused-ring (bicyclic) bond motifs is 4. The van der Waals surface area contributed by atoms with Gasteiger partial charge in [-0.25, -0.2) is 0 Å². The van der Waals surface area contributed by atoms with E-state index in [1.165, 1.54) is 37.1 Å². The summed E-state index contributed by atoms with van der Waals surface area (Å²) in [5.74, 6) is 2.41. The second-order valence-electron chi connectivity index (χ2n) is 7.47. The van der Waals surface area contributed by atoms with E-state index in [1.807, 2.05) is 0 Å². The second-order valence-corrected chi connectivity index (χ2v) is 7.47. The highest BCUT2D eigenvalue weighted by Gasteiger charge is 2.38. The van der Waals surface area contributed by atoms with Gasteiger partial charge in [-0.3, -0.25) is 4.90 Å². The predicted molar refractivity (Wildman–Crippen MR) is 98.7 cm³/mol. The molecule has 1 heterocycles. The van der Waals surface area contributed by atoms with Crippen molar-refractivity contribution in [2.75, 3.05) is 20.2 Å². The van der Waals surface area contributed by atoms with Crippen molar-refractivity contribution in [2.24, 2.45) is 5.92 Å². The van der Waals surface area contributed by atoms with Crippen LogP contribution in [0.15, 0.2) is 48.5 Å². The number of piperidine rings is 1. The van der Waals surface area contributed by atoms with Gasteiger partial charge in [0.2, 0.25) is 0 Å². The van der Waals surface area contributed by atoms with Gasteiger partial charge in [-0.1, -0.05) is 43.3 Å². The van der Waals surface area contributed by atoms with Crippen molar-refractivity contribution in [1.82, 2.24) is 4.90 Å². The van der Waals surface area contributed by atoms with Crippen molar-refractivity contribution >= 4 is 0 Å². The fourth-order valence-corrected chi connectivity index (χ4v) is 4.64. The minimum Gasteiger partial charge on any atom is -0.497 e. The molecule has 2 nitrogen and oxygen atoms in total. The summed E-state index contributed by atoms with van der Waals surface area (Å²) < 4.78 is 5.45. The number of ether oxygens (including phenoxy) is 1. The molecule has 1 aliphatic carbocycles. The van der Waals surface area contributed by atoms with Crippen LogP contribution in [-0.2, 0) is 12.8 Å². The minimum atomic E-state index is 0.696. The van der Waals surface area contributed by atoms with Gasteiger partial charge in [-0.15, -0.1) is 0 Å². The zero-order valence-electron chi connectivity index (χ0n) is 14.7. The summed E-state index contributed by atoms with van der Waals surface area (Å²) in [7, 11) is 1.77. The van der Waals surface area contributed by atoms with Crippen molar-refractivity contribution in [3.8, 4) is 5.75 Å². The Morgan fingerprint density at radius 1 is 1.12 bits per heavy atom. The Balaban J connectivity index is 1.51. The Kier molecular flexibility index (Phi) is 4.32. The van der Waals surface area contributed by atoms with Crippen LogP contribution in [0.4, 0.5) is 0 Å². The molecule has 3 atom stereocenters. The lowest BCUT2D eigenvalue weighted by Crippen LogP contribution is -2.50. The highest BCUT2D eigenvalue weighted by atomic mass is 16.5. The maximum Gasteiger partial charge on any atom is 0.119 e. The molecule has 0 unspecified atom stereocenters. The Morgan fingerprint density at radius 2 is 1.96 bits per heavy atom. The summed E-state index contributed by atoms with van der Waals surface area (Å²) >= 11 is 0. The van der Waals surface area contributed by atoms with E-state index < -0.39 is 0 Å². The number of benzene rings is 2. The van der Waals surface area contributed by atoms with Gasteiger partial charge in [0.15, 0.2) is 0 Å². The number of nitrogens with zero attached hydrogens (tertiary/aromatic N) is 1. The van der Waals surface area contributed by atoms with E-state index in [0.717, 1.165) is 12.2 Å². The molecule has 2 bridgehead atoms. The van der Waals surface area contributed by atoms with E-state index in [9.17, 15) is 0 Å². The largest absolute Gasteiger partial charge is 0.497 e. The normalized spacial score (nSPS) is 26.0. The van der Waals surface area contributed by atoms with E-state index in [0.29, 0.717) is 17.9 Å². The third-order valence-electron chi connectivity index (χ3n) is 5.99. The van der Waals surface area contributed by atoms with Crippen molar-refractivity contribution in [2.45, 2.75) is 38.1 Å². The number of hydrogen-bond donors (Lipinski definition) is 0. The molecule has 0 spiro atoms. The van der Waals surface area contributed by atoms with Crippen molar-refractivity contribution < 1.29 is 4.74 Å². The Bertz CT molecular complexity index is 696. The van der Waals surface area contributed by atoms with Crippen LogP contribution in [0.3, 0.4) is 0 Å². The Morgan fingerprint density at radius 3 is 2.75 bits per heavy atom. The molecule has 0 N–H and O–H groups in total. The van der Waals surface area contributed by atoms with Crippen LogP contribution in [0.2, 0.25) is 0 Å². The zero-order valence-corrected chi connectivity index (χ0v) is 14.7. The SMILES string of the molecule is COc1ccc2c(c1)[C@H]1C[C@@H](C2)N(CCc2ccccc2)C[C@H]1C. The molecule has 0 amide bonds. The number of methoxy groups -OCH3 is 1. The first kappa shape index (κ1) is 15.7. The molecule has 2 heteroatoms. The van der Waals surface area contributed by atoms with E-state index >= 15 is 0 Å². The van der Waals surface area contributed by atoms with Gasteiger partial charge in [0, 0.05) is 19.1 Å². The average molecular weight is 321 g/mol. The maximum absolute atomic E-state index is 5.45. The van der Waals surface area contributed by atoms with Gasteiger partial charge in [0.05, 0.1) is 7.11 Å². The standard InChI is InChI=1S/C22H27NO/c1-16-15-23(11-10-17-6-4-3-5-7-17)19-12-18-8-9-20(24-2)14-22(18)21(16)13-19/h3-9,14,16,19,21H,10-13,15H2,1-2H3/t16-,19-,21+/m1/s1. The fourth-order valence-electron chi connectivity index (χ4n) is 4.64. The van der Waals surface area contributed by atoms with Gasteiger partial charge >= 0.3 is 0 Å². The lowest BCUT2D eigenvalue weighted by molar-refractivity contribution is 0.0880. The van der Waals surface area contributed by atoms with Gasteiger partial charge in [-0.05, 0) is 59.9 Å². The van der Waals surface area contributed by atoms with Gasteiger partial charge < -0.3 is 4.74 Å². The van der Waals surface area contributed by atoms with Gasteiger partial charge in [0.1, 0.15) is 5.75 Å². The maximum atomic E-state index is 5.45. The Labute approximate surface area is 145 Å². The first-order chi connectivity index (χ1) is 11.7. The molecule has 1 saturated heterocycles. The highest BCUT2D eigenvalue weighted by molar-refractivity contribution is 5.41. The summed E-state index contributed by atoms with van der Waals surface area (Å²) in [5, 5.41) is 0. The predicted octanol–water partition coefficient (Wildman–Crippen LogP) is 4.29. The molecule has 24 heavy (non-hydrogen) atoms. The van der Waals surface area contributed by atoms with Crippen LogP contribution in [0.25, 0.3) is 0 Å². The third kappa shape index (κ3) is 2.95. The molecular weight excluding hydrogens is 294 g/mol. The van der Waals surface area contributed by atoms with Crippen LogP contribution < -0.4 is 4.74 Å². The van der Waals surface area contributed by atoms with Crippen LogP contribution in [0.1, 0.15) is 36.0 Å². The molecule has 0 aromatic heterocycles. The smallest absolute Gasteiger partial charge is 0.119 e. The first-order valence-electron chi connectivity index (χ1n) is 9.19. The van der Waals surface area contributed by atoms with E-state index in [1.54, 1.807) is 12.7 Å². The van der Waals surface area contributed by atoms with Crippen LogP contribution in [0.5, 0.6) is 5.75 Å². The Hall–Kier alpha value is -1.80. The second kappa shape index (κ2) is 6.60. The van der Waals surface area contributed by atoms with Crippen molar-refractivity contribution in [3.05, 3.63) is 65.2 Å². The number of likely N-dealkylation sites (tertiary alicyclic amines) is 1. The summed E-state index contributed by atoms with van der Waals surface area (Å²) in [6.45, 7) is 4.82.